The first kappa shape index (κ1) is 19.0. The van der Waals surface area contributed by atoms with Crippen molar-refractivity contribution in [2.45, 2.75) is 58.5 Å². The lowest BCUT2D eigenvalue weighted by Gasteiger charge is -2.47. The largest absolute Gasteiger partial charge is 0.376 e. The number of hydrogen-bond acceptors (Lipinski definition) is 3. The maximum atomic E-state index is 12.4. The minimum absolute atomic E-state index is 0.0788. The van der Waals surface area contributed by atoms with Crippen molar-refractivity contribution in [2.24, 2.45) is 11.3 Å². The number of allylic oxidation sites excluding steroid dienone is 1. The summed E-state index contributed by atoms with van der Waals surface area (Å²) >= 11 is 0. The van der Waals surface area contributed by atoms with Crippen LogP contribution in [0.4, 0.5) is 0 Å². The van der Waals surface area contributed by atoms with E-state index in [1.807, 2.05) is 27.7 Å². The van der Waals surface area contributed by atoms with E-state index in [4.69, 9.17) is 4.74 Å². The lowest BCUT2D eigenvalue weighted by atomic mass is 9.59. The monoisotopic (exact) mass is 348 g/mol. The van der Waals surface area contributed by atoms with Crippen LogP contribution in [0.5, 0.6) is 0 Å². The second-order valence-corrected chi connectivity index (χ2v) is 9.94. The fourth-order valence-electron chi connectivity index (χ4n) is 2.69. The lowest BCUT2D eigenvalue weighted by molar-refractivity contribution is -0.0545. The fourth-order valence-corrected chi connectivity index (χ4v) is 3.64. The molecule has 1 fully saturated rings. The van der Waals surface area contributed by atoms with Crippen molar-refractivity contribution in [1.82, 2.24) is 0 Å². The molecule has 0 aromatic heterocycles. The van der Waals surface area contributed by atoms with Gasteiger partial charge in [0.2, 0.25) is 9.84 Å². The summed E-state index contributed by atoms with van der Waals surface area (Å²) in [6.45, 7) is 13.0. The van der Waals surface area contributed by atoms with Crippen molar-refractivity contribution in [1.29, 1.82) is 0 Å². The van der Waals surface area contributed by atoms with Gasteiger partial charge in [-0.25, -0.2) is 8.42 Å². The summed E-state index contributed by atoms with van der Waals surface area (Å²) in [4.78, 5) is 0.311. The van der Waals surface area contributed by atoms with Crippen LogP contribution in [0.3, 0.4) is 0 Å². The molecule has 3 nitrogen and oxygen atoms in total. The smallest absolute Gasteiger partial charge is 0.207 e. The first-order chi connectivity index (χ1) is 10.9. The highest BCUT2D eigenvalue weighted by Crippen LogP contribution is 2.50. The summed E-state index contributed by atoms with van der Waals surface area (Å²) in [5.41, 5.74) is 4.89. The van der Waals surface area contributed by atoms with Crippen molar-refractivity contribution in [3.8, 4) is 0 Å². The Morgan fingerprint density at radius 3 is 2.33 bits per heavy atom. The molecule has 0 saturated heterocycles. The number of rotatable bonds is 4. The molecule has 0 spiro atoms. The molecule has 1 atom stereocenters. The molecule has 1 aliphatic rings. The molecular weight excluding hydrogens is 320 g/mol. The Bertz CT molecular complexity index is 756. The van der Waals surface area contributed by atoms with Crippen LogP contribution in [-0.2, 0) is 14.6 Å². The van der Waals surface area contributed by atoms with Gasteiger partial charge in [-0.2, -0.15) is 0 Å². The Balaban J connectivity index is 2.14. The van der Waals surface area contributed by atoms with Crippen LogP contribution < -0.4 is 0 Å². The molecule has 0 radical (unpaired) electrons. The van der Waals surface area contributed by atoms with Gasteiger partial charge < -0.3 is 4.74 Å². The van der Waals surface area contributed by atoms with E-state index in [1.165, 1.54) is 5.41 Å². The number of ether oxygens (including phenoxy) is 1. The lowest BCUT2D eigenvalue weighted by Crippen LogP contribution is -2.41. The van der Waals surface area contributed by atoms with E-state index in [0.717, 1.165) is 17.6 Å². The van der Waals surface area contributed by atoms with Crippen molar-refractivity contribution in [3.05, 3.63) is 46.5 Å². The third kappa shape index (κ3) is 4.38. The Kier molecular flexibility index (Phi) is 5.15. The molecular formula is C20H28O3S. The van der Waals surface area contributed by atoms with Gasteiger partial charge in [-0.05, 0) is 63.2 Å². The zero-order chi connectivity index (χ0) is 18.2. The van der Waals surface area contributed by atoms with Crippen molar-refractivity contribution >= 4 is 9.84 Å². The van der Waals surface area contributed by atoms with E-state index in [0.29, 0.717) is 17.4 Å². The average molecular weight is 349 g/mol. The first-order valence-electron chi connectivity index (χ1n) is 8.33. The average Bonchev–Trinajstić information content (AvgIpc) is 2.44. The molecule has 1 aliphatic carbocycles. The van der Waals surface area contributed by atoms with Gasteiger partial charge in [-0.15, -0.1) is 5.73 Å². The van der Waals surface area contributed by atoms with Gasteiger partial charge in [-0.3, -0.25) is 0 Å². The Hall–Kier alpha value is -1.35. The Morgan fingerprint density at radius 2 is 1.83 bits per heavy atom. The van der Waals surface area contributed by atoms with Crippen LogP contribution in [-0.4, -0.2) is 20.6 Å². The summed E-state index contributed by atoms with van der Waals surface area (Å²) in [6, 6.07) is 6.89. The third-order valence-electron chi connectivity index (χ3n) is 4.70. The highest BCUT2D eigenvalue weighted by atomic mass is 32.2. The molecule has 0 heterocycles. The van der Waals surface area contributed by atoms with Crippen molar-refractivity contribution in [3.63, 3.8) is 0 Å². The Labute approximate surface area is 146 Å². The number of aryl methyl sites for hydroxylation is 1. The molecule has 0 bridgehead atoms. The predicted molar refractivity (Wildman–Crippen MR) is 97.6 cm³/mol. The number of benzene rings is 1. The molecule has 0 N–H and O–H groups in total. The standard InChI is InChI=1S/C20H28O3S/c1-15-7-9-18(10-8-15)24(21,22)12-11-16-13-17(20(16,5)6)14-23-19(2,3)4/h7-10,12,17H,13-14H2,1-6H3. The van der Waals surface area contributed by atoms with Crippen molar-refractivity contribution < 1.29 is 13.2 Å². The molecule has 1 unspecified atom stereocenters. The van der Waals surface area contributed by atoms with Crippen LogP contribution in [0.15, 0.2) is 45.9 Å². The maximum absolute atomic E-state index is 12.4. The number of sulfone groups is 1. The molecule has 4 heteroatoms. The summed E-state index contributed by atoms with van der Waals surface area (Å²) in [7, 11) is -3.44. The number of hydrogen-bond donors (Lipinski definition) is 0. The van der Waals surface area contributed by atoms with E-state index in [9.17, 15) is 8.42 Å². The fraction of sp³-hybridized carbons (Fsp3) is 0.550. The topological polar surface area (TPSA) is 43.4 Å². The first-order valence-corrected chi connectivity index (χ1v) is 9.88. The third-order valence-corrected chi connectivity index (χ3v) is 6.06. The molecule has 0 aliphatic heterocycles. The second-order valence-electron chi connectivity index (χ2n) is 8.14. The predicted octanol–water partition coefficient (Wildman–Crippen LogP) is 4.67. The van der Waals surface area contributed by atoms with Gasteiger partial charge in [0.15, 0.2) is 0 Å². The molecule has 1 aromatic carbocycles. The minimum Gasteiger partial charge on any atom is -0.376 e. The van der Waals surface area contributed by atoms with Crippen molar-refractivity contribution in [2.75, 3.05) is 6.61 Å². The van der Waals surface area contributed by atoms with E-state index >= 15 is 0 Å². The summed E-state index contributed by atoms with van der Waals surface area (Å²) < 4.78 is 30.6. The quantitative estimate of drug-likeness (QED) is 0.743. The summed E-state index contributed by atoms with van der Waals surface area (Å²) in [5, 5.41) is 1.22. The van der Waals surface area contributed by atoms with Gasteiger partial charge >= 0.3 is 0 Å². The molecule has 132 valence electrons. The van der Waals surface area contributed by atoms with Crippen LogP contribution in [0.25, 0.3) is 0 Å². The molecule has 1 aromatic rings. The molecule has 2 rings (SSSR count). The van der Waals surface area contributed by atoms with E-state index in [2.05, 4.69) is 19.6 Å². The van der Waals surface area contributed by atoms with Gasteiger partial charge in [-0.1, -0.05) is 31.5 Å². The summed E-state index contributed by atoms with van der Waals surface area (Å²) in [5.74, 6) is 0.398. The zero-order valence-electron chi connectivity index (χ0n) is 15.5. The zero-order valence-corrected chi connectivity index (χ0v) is 16.3. The Morgan fingerprint density at radius 1 is 1.25 bits per heavy atom. The maximum Gasteiger partial charge on any atom is 0.207 e. The van der Waals surface area contributed by atoms with Gasteiger partial charge in [0.05, 0.1) is 22.5 Å². The molecule has 24 heavy (non-hydrogen) atoms. The molecule has 1 saturated carbocycles. The van der Waals surface area contributed by atoms with Gasteiger partial charge in [0, 0.05) is 0 Å². The minimum atomic E-state index is -3.44. The van der Waals surface area contributed by atoms with Crippen LogP contribution in [0.1, 0.15) is 46.6 Å². The summed E-state index contributed by atoms with van der Waals surface area (Å²) in [6.07, 6.45) is 0.836. The highest BCUT2D eigenvalue weighted by molar-refractivity contribution is 7.94. The second kappa shape index (κ2) is 6.51. The van der Waals surface area contributed by atoms with Crippen LogP contribution in [0, 0.1) is 18.3 Å². The van der Waals surface area contributed by atoms with Gasteiger partial charge in [0.1, 0.15) is 0 Å². The van der Waals surface area contributed by atoms with E-state index < -0.39 is 9.84 Å². The highest BCUT2D eigenvalue weighted by Gasteiger charge is 2.44. The normalized spacial score (nSPS) is 20.2. The van der Waals surface area contributed by atoms with Gasteiger partial charge in [0.25, 0.3) is 0 Å². The molecule has 0 amide bonds. The van der Waals surface area contributed by atoms with E-state index in [-0.39, 0.29) is 11.0 Å². The van der Waals surface area contributed by atoms with Crippen LogP contribution in [0.2, 0.25) is 0 Å². The van der Waals surface area contributed by atoms with E-state index in [1.54, 1.807) is 24.3 Å². The SMILES string of the molecule is Cc1ccc(S(=O)(=O)C=C=C2CC(COC(C)(C)C)C2(C)C)cc1. The van der Waals surface area contributed by atoms with Crippen LogP contribution >= 0.6 is 0 Å².